The van der Waals surface area contributed by atoms with Crippen LogP contribution < -0.4 is 0 Å². The van der Waals surface area contributed by atoms with Crippen LogP contribution in [0.25, 0.3) is 0 Å². The molecule has 75 valence electrons. The van der Waals surface area contributed by atoms with E-state index in [1.54, 1.807) is 0 Å². The van der Waals surface area contributed by atoms with Gasteiger partial charge in [-0.3, -0.25) is 0 Å². The summed E-state index contributed by atoms with van der Waals surface area (Å²) in [5, 5.41) is 0.570. The maximum atomic E-state index is 2.49. The van der Waals surface area contributed by atoms with E-state index in [0.29, 0.717) is 5.31 Å². The van der Waals surface area contributed by atoms with Crippen molar-refractivity contribution in [2.75, 3.05) is 0 Å². The van der Waals surface area contributed by atoms with Crippen LogP contribution in [-0.2, 0) is 0 Å². The van der Waals surface area contributed by atoms with Crippen molar-refractivity contribution in [3.8, 4) is 0 Å². The molecule has 0 saturated heterocycles. The van der Waals surface area contributed by atoms with Crippen molar-refractivity contribution in [2.24, 2.45) is 5.92 Å². The van der Waals surface area contributed by atoms with Crippen molar-refractivity contribution in [3.05, 3.63) is 0 Å². The molecule has 0 N–H and O–H groups in total. The van der Waals surface area contributed by atoms with Crippen LogP contribution in [0, 0.1) is 5.92 Å². The first-order chi connectivity index (χ1) is 6.29. The SMILES string of the molecule is C[B]C(CC)(CC)C1CCCCC1. The van der Waals surface area contributed by atoms with Gasteiger partial charge in [0.25, 0.3) is 0 Å². The van der Waals surface area contributed by atoms with Crippen LogP contribution >= 0.6 is 0 Å². The number of rotatable bonds is 4. The summed E-state index contributed by atoms with van der Waals surface area (Å²) in [7, 11) is 2.49. The quantitative estimate of drug-likeness (QED) is 0.564. The monoisotopic (exact) mass is 179 g/mol. The smallest absolute Gasteiger partial charge is 0.0914 e. The molecule has 0 aliphatic heterocycles. The molecule has 0 aromatic carbocycles. The summed E-state index contributed by atoms with van der Waals surface area (Å²) < 4.78 is 0. The van der Waals surface area contributed by atoms with Crippen LogP contribution in [0.5, 0.6) is 0 Å². The summed E-state index contributed by atoms with van der Waals surface area (Å²) in [6.07, 6.45) is 10.1. The second kappa shape index (κ2) is 5.07. The Morgan fingerprint density at radius 2 is 1.62 bits per heavy atom. The molecule has 0 atom stereocenters. The largest absolute Gasteiger partial charge is 0.114 e. The molecule has 1 saturated carbocycles. The van der Waals surface area contributed by atoms with Gasteiger partial charge in [0, 0.05) is 0 Å². The molecule has 0 aromatic rings. The van der Waals surface area contributed by atoms with Crippen LogP contribution in [0.4, 0.5) is 0 Å². The van der Waals surface area contributed by atoms with E-state index in [1.807, 2.05) is 0 Å². The van der Waals surface area contributed by atoms with E-state index in [4.69, 9.17) is 0 Å². The summed E-state index contributed by atoms with van der Waals surface area (Å²) >= 11 is 0. The zero-order valence-electron chi connectivity index (χ0n) is 9.60. The fourth-order valence-electron chi connectivity index (χ4n) is 3.15. The molecule has 0 nitrogen and oxygen atoms in total. The lowest BCUT2D eigenvalue weighted by molar-refractivity contribution is 0.249. The Morgan fingerprint density at radius 3 is 2.00 bits per heavy atom. The molecule has 13 heavy (non-hydrogen) atoms. The van der Waals surface area contributed by atoms with E-state index in [-0.39, 0.29) is 0 Å². The molecule has 0 aromatic heterocycles. The van der Waals surface area contributed by atoms with Crippen LogP contribution in [0.2, 0.25) is 12.1 Å². The van der Waals surface area contributed by atoms with Gasteiger partial charge in [0.15, 0.2) is 0 Å². The normalized spacial score (nSPS) is 20.2. The van der Waals surface area contributed by atoms with E-state index >= 15 is 0 Å². The van der Waals surface area contributed by atoms with Gasteiger partial charge in [0.1, 0.15) is 7.28 Å². The third-order valence-electron chi connectivity index (χ3n) is 4.31. The first-order valence-electron chi connectivity index (χ1n) is 6.09. The maximum Gasteiger partial charge on any atom is 0.114 e. The molecule has 0 spiro atoms. The fraction of sp³-hybridized carbons (Fsp3) is 1.00. The van der Waals surface area contributed by atoms with Crippen molar-refractivity contribution in [1.82, 2.24) is 0 Å². The Kier molecular flexibility index (Phi) is 4.35. The van der Waals surface area contributed by atoms with Gasteiger partial charge >= 0.3 is 0 Å². The van der Waals surface area contributed by atoms with Gasteiger partial charge in [0.2, 0.25) is 0 Å². The van der Waals surface area contributed by atoms with Crippen LogP contribution in [0.15, 0.2) is 0 Å². The molecular weight excluding hydrogens is 155 g/mol. The Hall–Kier alpha value is 0.0649. The average molecular weight is 179 g/mol. The first kappa shape index (κ1) is 11.1. The van der Waals surface area contributed by atoms with Gasteiger partial charge in [-0.05, 0) is 5.92 Å². The molecule has 0 heterocycles. The third kappa shape index (κ3) is 2.30. The van der Waals surface area contributed by atoms with E-state index in [2.05, 4.69) is 28.0 Å². The van der Waals surface area contributed by atoms with Crippen molar-refractivity contribution in [2.45, 2.75) is 70.9 Å². The summed E-state index contributed by atoms with van der Waals surface area (Å²) in [6.45, 7) is 6.98. The Labute approximate surface area is 84.7 Å². The Balaban J connectivity index is 2.60. The lowest BCUT2D eigenvalue weighted by Gasteiger charge is -2.41. The van der Waals surface area contributed by atoms with E-state index < -0.39 is 0 Å². The highest BCUT2D eigenvalue weighted by molar-refractivity contribution is 6.38. The van der Waals surface area contributed by atoms with Gasteiger partial charge in [-0.1, -0.05) is 70.9 Å². The fourth-order valence-corrected chi connectivity index (χ4v) is 3.15. The summed E-state index contributed by atoms with van der Waals surface area (Å²) in [6, 6.07) is 0. The molecule has 1 fully saturated rings. The van der Waals surface area contributed by atoms with Crippen molar-refractivity contribution in [1.29, 1.82) is 0 Å². The second-order valence-electron chi connectivity index (χ2n) is 4.56. The number of hydrogen-bond donors (Lipinski definition) is 0. The molecule has 0 bridgehead atoms. The molecule has 0 amide bonds. The van der Waals surface area contributed by atoms with E-state index in [0.717, 1.165) is 5.92 Å². The zero-order valence-corrected chi connectivity index (χ0v) is 9.60. The van der Waals surface area contributed by atoms with Crippen LogP contribution in [-0.4, -0.2) is 7.28 Å². The van der Waals surface area contributed by atoms with Crippen LogP contribution in [0.3, 0.4) is 0 Å². The first-order valence-corrected chi connectivity index (χ1v) is 6.09. The van der Waals surface area contributed by atoms with Crippen molar-refractivity contribution >= 4 is 7.28 Å². The maximum absolute atomic E-state index is 2.49. The molecule has 0 unspecified atom stereocenters. The highest BCUT2D eigenvalue weighted by Crippen LogP contribution is 2.48. The van der Waals surface area contributed by atoms with E-state index in [1.165, 1.54) is 44.9 Å². The summed E-state index contributed by atoms with van der Waals surface area (Å²) in [5.41, 5.74) is 0. The van der Waals surface area contributed by atoms with Crippen molar-refractivity contribution < 1.29 is 0 Å². The van der Waals surface area contributed by atoms with Gasteiger partial charge in [-0.2, -0.15) is 0 Å². The van der Waals surface area contributed by atoms with Gasteiger partial charge in [0.05, 0.1) is 0 Å². The lowest BCUT2D eigenvalue weighted by atomic mass is 9.44. The van der Waals surface area contributed by atoms with Gasteiger partial charge < -0.3 is 0 Å². The topological polar surface area (TPSA) is 0 Å². The van der Waals surface area contributed by atoms with E-state index in [9.17, 15) is 0 Å². The zero-order chi connectivity index (χ0) is 9.73. The standard InChI is InChI=1S/C12H24B/c1-4-12(5-2,13-3)11-9-7-6-8-10-11/h11H,4-10H2,1-3H3. The molecule has 1 heteroatoms. The predicted octanol–water partition coefficient (Wildman–Crippen LogP) is 4.30. The summed E-state index contributed by atoms with van der Waals surface area (Å²) in [5.74, 6) is 0.987. The molecular formula is C12H24B. The minimum atomic E-state index is 0.570. The van der Waals surface area contributed by atoms with Gasteiger partial charge in [-0.15, -0.1) is 0 Å². The van der Waals surface area contributed by atoms with Gasteiger partial charge in [-0.25, -0.2) is 0 Å². The lowest BCUT2D eigenvalue weighted by Crippen LogP contribution is -2.29. The third-order valence-corrected chi connectivity index (χ3v) is 4.31. The Morgan fingerprint density at radius 1 is 1.08 bits per heavy atom. The molecule has 1 aliphatic carbocycles. The molecule has 1 aliphatic rings. The molecule has 1 radical (unpaired) electrons. The van der Waals surface area contributed by atoms with Crippen LogP contribution in [0.1, 0.15) is 58.8 Å². The summed E-state index contributed by atoms with van der Waals surface area (Å²) in [4.78, 5) is 0. The molecule has 1 rings (SSSR count). The Bertz CT molecular complexity index is 124. The highest BCUT2D eigenvalue weighted by Gasteiger charge is 2.34. The highest BCUT2D eigenvalue weighted by atomic mass is 14.3. The van der Waals surface area contributed by atoms with Crippen molar-refractivity contribution in [3.63, 3.8) is 0 Å². The second-order valence-corrected chi connectivity index (χ2v) is 4.56. The minimum Gasteiger partial charge on any atom is -0.0914 e. The number of hydrogen-bond acceptors (Lipinski definition) is 0. The predicted molar refractivity (Wildman–Crippen MR) is 61.5 cm³/mol. The average Bonchev–Trinajstić information content (AvgIpc) is 2.23. The minimum absolute atomic E-state index is 0.570.